The third kappa shape index (κ3) is 3.77. The smallest absolute Gasteiger partial charge is 0.246 e. The van der Waals surface area contributed by atoms with E-state index in [0.29, 0.717) is 24.0 Å². The molecule has 0 bridgehead atoms. The van der Waals surface area contributed by atoms with Crippen molar-refractivity contribution in [1.82, 2.24) is 14.3 Å². The first kappa shape index (κ1) is 16.5. The summed E-state index contributed by atoms with van der Waals surface area (Å²) in [5.74, 6) is 0.674. The number of amides is 1. The lowest BCUT2D eigenvalue weighted by Crippen LogP contribution is -2.29. The van der Waals surface area contributed by atoms with Gasteiger partial charge < -0.3 is 9.64 Å². The molecule has 0 saturated carbocycles. The fourth-order valence-electron chi connectivity index (χ4n) is 2.13. The molecular formula is C17H16ClN3O2S. The quantitative estimate of drug-likeness (QED) is 0.630. The van der Waals surface area contributed by atoms with E-state index >= 15 is 0 Å². The number of aromatic nitrogens is 2. The number of fused-ring (bicyclic) bond motifs is 1. The molecule has 124 valence electrons. The molecule has 3 rings (SSSR count). The number of para-hydroxylation sites is 1. The van der Waals surface area contributed by atoms with E-state index in [2.05, 4.69) is 4.98 Å². The third-order valence-corrected chi connectivity index (χ3v) is 4.49. The van der Waals surface area contributed by atoms with Crippen molar-refractivity contribution in [3.05, 3.63) is 58.8 Å². The number of carbonyl (C=O) groups excluding carboxylic acids is 1. The van der Waals surface area contributed by atoms with Crippen molar-refractivity contribution in [1.29, 1.82) is 0 Å². The lowest BCUT2D eigenvalue weighted by atomic mass is 10.3. The van der Waals surface area contributed by atoms with Crippen molar-refractivity contribution in [2.24, 2.45) is 0 Å². The summed E-state index contributed by atoms with van der Waals surface area (Å²) in [6.07, 6.45) is 5.06. The minimum absolute atomic E-state index is 0.118. The minimum Gasteiger partial charge on any atom is -0.492 e. The number of thiazole rings is 1. The Morgan fingerprint density at radius 2 is 2.21 bits per heavy atom. The van der Waals surface area contributed by atoms with Gasteiger partial charge in [0.05, 0.1) is 12.2 Å². The fraction of sp³-hybridized carbons (Fsp3) is 0.176. The van der Waals surface area contributed by atoms with Crippen molar-refractivity contribution in [2.75, 3.05) is 20.2 Å². The Morgan fingerprint density at radius 3 is 3.00 bits per heavy atom. The Morgan fingerprint density at radius 1 is 1.42 bits per heavy atom. The monoisotopic (exact) mass is 361 g/mol. The maximum Gasteiger partial charge on any atom is 0.246 e. The molecule has 0 saturated heterocycles. The van der Waals surface area contributed by atoms with Gasteiger partial charge in [-0.2, -0.15) is 0 Å². The van der Waals surface area contributed by atoms with Crippen molar-refractivity contribution < 1.29 is 9.53 Å². The molecule has 0 fully saturated rings. The van der Waals surface area contributed by atoms with Crippen LogP contribution in [0.1, 0.15) is 5.69 Å². The van der Waals surface area contributed by atoms with Crippen LogP contribution in [0.2, 0.25) is 5.15 Å². The molecule has 0 spiro atoms. The highest BCUT2D eigenvalue weighted by Gasteiger charge is 2.10. The highest BCUT2D eigenvalue weighted by atomic mass is 35.5. The summed E-state index contributed by atoms with van der Waals surface area (Å²) in [6.45, 7) is 0.925. The van der Waals surface area contributed by atoms with Crippen LogP contribution in [0.4, 0.5) is 0 Å². The van der Waals surface area contributed by atoms with Crippen LogP contribution >= 0.6 is 22.9 Å². The van der Waals surface area contributed by atoms with Crippen molar-refractivity contribution in [3.8, 4) is 5.75 Å². The second-order valence-electron chi connectivity index (χ2n) is 5.10. The summed E-state index contributed by atoms with van der Waals surface area (Å²) >= 11 is 7.60. The lowest BCUT2D eigenvalue weighted by Gasteiger charge is -2.15. The molecule has 0 aliphatic carbocycles. The first-order valence-electron chi connectivity index (χ1n) is 7.37. The molecule has 2 heterocycles. The number of nitrogens with zero attached hydrogens (tertiary/aromatic N) is 3. The van der Waals surface area contributed by atoms with Crippen LogP contribution in [0.5, 0.6) is 5.75 Å². The Balaban J connectivity index is 1.56. The molecule has 0 aliphatic rings. The number of carbonyl (C=O) groups is 1. The first-order valence-corrected chi connectivity index (χ1v) is 8.63. The maximum atomic E-state index is 12.2. The van der Waals surface area contributed by atoms with E-state index in [1.165, 1.54) is 17.4 Å². The molecule has 1 aromatic carbocycles. The molecular weight excluding hydrogens is 346 g/mol. The Labute approximate surface area is 148 Å². The van der Waals surface area contributed by atoms with Gasteiger partial charge in [-0.15, -0.1) is 11.3 Å². The van der Waals surface area contributed by atoms with Crippen molar-refractivity contribution >= 4 is 39.9 Å². The predicted octanol–water partition coefficient (Wildman–Crippen LogP) is 3.60. The summed E-state index contributed by atoms with van der Waals surface area (Å²) < 4.78 is 7.45. The maximum absolute atomic E-state index is 12.2. The van der Waals surface area contributed by atoms with Crippen LogP contribution in [0, 0.1) is 0 Å². The number of halogens is 1. The summed E-state index contributed by atoms with van der Waals surface area (Å²) in [7, 11) is 1.74. The zero-order valence-corrected chi connectivity index (χ0v) is 14.6. The molecule has 0 radical (unpaired) electrons. The largest absolute Gasteiger partial charge is 0.492 e. The van der Waals surface area contributed by atoms with E-state index in [1.807, 2.05) is 46.3 Å². The summed E-state index contributed by atoms with van der Waals surface area (Å²) in [5.41, 5.74) is 0.704. The van der Waals surface area contributed by atoms with Gasteiger partial charge in [-0.3, -0.25) is 9.20 Å². The molecule has 0 N–H and O–H groups in total. The number of benzene rings is 1. The zero-order valence-electron chi connectivity index (χ0n) is 13.1. The van der Waals surface area contributed by atoms with Crippen LogP contribution < -0.4 is 4.74 Å². The van der Waals surface area contributed by atoms with Gasteiger partial charge in [0, 0.05) is 24.7 Å². The van der Waals surface area contributed by atoms with E-state index < -0.39 is 0 Å². The molecule has 3 aromatic rings. The van der Waals surface area contributed by atoms with E-state index in [9.17, 15) is 4.79 Å². The Hall–Kier alpha value is -2.31. The van der Waals surface area contributed by atoms with Crippen molar-refractivity contribution in [2.45, 2.75) is 0 Å². The van der Waals surface area contributed by atoms with Crippen LogP contribution in [0.15, 0.2) is 48.0 Å². The number of hydrogen-bond acceptors (Lipinski definition) is 4. The summed E-state index contributed by atoms with van der Waals surface area (Å²) in [5, 5.41) is 2.31. The van der Waals surface area contributed by atoms with E-state index in [0.717, 1.165) is 10.7 Å². The van der Waals surface area contributed by atoms with Gasteiger partial charge >= 0.3 is 0 Å². The molecule has 0 unspecified atom stereocenters. The van der Waals surface area contributed by atoms with Crippen LogP contribution in [-0.2, 0) is 4.79 Å². The average molecular weight is 362 g/mol. The zero-order chi connectivity index (χ0) is 16.9. The van der Waals surface area contributed by atoms with Gasteiger partial charge in [-0.1, -0.05) is 29.8 Å². The van der Waals surface area contributed by atoms with Crippen molar-refractivity contribution in [3.63, 3.8) is 0 Å². The summed E-state index contributed by atoms with van der Waals surface area (Å²) in [4.78, 5) is 18.8. The van der Waals surface area contributed by atoms with Crippen LogP contribution in [0.3, 0.4) is 0 Å². The van der Waals surface area contributed by atoms with Gasteiger partial charge in [0.2, 0.25) is 5.91 Å². The third-order valence-electron chi connectivity index (χ3n) is 3.45. The number of imidazole rings is 1. The van der Waals surface area contributed by atoms with Gasteiger partial charge in [0.25, 0.3) is 0 Å². The Kier molecular flexibility index (Phi) is 5.17. The topological polar surface area (TPSA) is 46.8 Å². The predicted molar refractivity (Wildman–Crippen MR) is 96.7 cm³/mol. The van der Waals surface area contributed by atoms with Gasteiger partial charge in [-0.05, 0) is 18.2 Å². The fourth-order valence-corrected chi connectivity index (χ4v) is 3.14. The number of hydrogen-bond donors (Lipinski definition) is 0. The number of likely N-dealkylation sites (N-methyl/N-ethyl adjacent to an activating group) is 1. The molecule has 5 nitrogen and oxygen atoms in total. The normalized spacial score (nSPS) is 11.2. The highest BCUT2D eigenvalue weighted by molar-refractivity contribution is 7.15. The Bertz CT molecular complexity index is 857. The molecule has 0 aliphatic heterocycles. The highest BCUT2D eigenvalue weighted by Crippen LogP contribution is 2.22. The molecule has 1 amide bonds. The molecule has 7 heteroatoms. The van der Waals surface area contributed by atoms with E-state index in [4.69, 9.17) is 16.3 Å². The summed E-state index contributed by atoms with van der Waals surface area (Å²) in [6, 6.07) is 9.52. The number of rotatable bonds is 6. The number of ether oxygens (including phenoxy) is 1. The van der Waals surface area contributed by atoms with Crippen LogP contribution in [-0.4, -0.2) is 40.4 Å². The van der Waals surface area contributed by atoms with Gasteiger partial charge in [0.1, 0.15) is 12.4 Å². The average Bonchev–Trinajstić information content (AvgIpc) is 3.14. The second-order valence-corrected chi connectivity index (χ2v) is 6.33. The molecule has 24 heavy (non-hydrogen) atoms. The van der Waals surface area contributed by atoms with E-state index in [-0.39, 0.29) is 5.91 Å². The van der Waals surface area contributed by atoms with Gasteiger partial charge in [0.15, 0.2) is 10.1 Å². The first-order chi connectivity index (χ1) is 11.6. The SMILES string of the molecule is CN(CCOc1ccccc1)C(=O)/C=C/c1c(Cl)nc2sccn12. The molecule has 0 atom stereocenters. The second kappa shape index (κ2) is 7.51. The minimum atomic E-state index is -0.118. The lowest BCUT2D eigenvalue weighted by molar-refractivity contribution is -0.125. The van der Waals surface area contributed by atoms with Gasteiger partial charge in [-0.25, -0.2) is 4.98 Å². The van der Waals surface area contributed by atoms with Crippen LogP contribution in [0.25, 0.3) is 11.0 Å². The van der Waals surface area contributed by atoms with E-state index in [1.54, 1.807) is 18.0 Å². The molecule has 2 aromatic heterocycles. The standard InChI is InChI=1S/C17H16ClN3O2S/c1-20(9-11-23-13-5-3-2-4-6-13)15(22)8-7-14-16(18)19-17-21(14)10-12-24-17/h2-8,10,12H,9,11H2,1H3/b8-7+.